The molecule has 1 aliphatic rings. The van der Waals surface area contributed by atoms with E-state index in [9.17, 15) is 14.4 Å². The first kappa shape index (κ1) is 14.0. The van der Waals surface area contributed by atoms with E-state index in [1.54, 1.807) is 12.1 Å². The Balaban J connectivity index is 1.82. The fourth-order valence-electron chi connectivity index (χ4n) is 2.22. The topological polar surface area (TPSA) is 89.7 Å². The van der Waals surface area contributed by atoms with E-state index in [4.69, 9.17) is 9.25 Å². The first-order valence-electron chi connectivity index (χ1n) is 6.76. The number of imide groups is 1. The zero-order valence-electron chi connectivity index (χ0n) is 11.7. The second-order valence-corrected chi connectivity index (χ2v) is 4.71. The lowest BCUT2D eigenvalue weighted by molar-refractivity contribution is -0.0604. The van der Waals surface area contributed by atoms with Crippen LogP contribution in [0.4, 0.5) is 0 Å². The molecule has 0 radical (unpaired) electrons. The molecule has 1 aromatic heterocycles. The number of hydrogen-bond donors (Lipinski definition) is 0. The van der Waals surface area contributed by atoms with Gasteiger partial charge in [-0.05, 0) is 18.6 Å². The van der Waals surface area contributed by atoms with Crippen molar-refractivity contribution < 1.29 is 23.6 Å². The van der Waals surface area contributed by atoms with Crippen molar-refractivity contribution in [3.8, 4) is 0 Å². The number of carbonyl (C=O) groups excluding carboxylic acids is 3. The van der Waals surface area contributed by atoms with Crippen molar-refractivity contribution in [2.75, 3.05) is 0 Å². The van der Waals surface area contributed by atoms with Crippen LogP contribution in [0.15, 0.2) is 35.1 Å². The summed E-state index contributed by atoms with van der Waals surface area (Å²) in [6, 6.07) is 6.26. The summed E-state index contributed by atoms with van der Waals surface area (Å²) in [4.78, 5) is 45.1. The molecule has 0 aliphatic carbocycles. The Morgan fingerprint density at radius 3 is 2.45 bits per heavy atom. The van der Waals surface area contributed by atoms with Gasteiger partial charge in [0.15, 0.2) is 6.39 Å². The number of amides is 2. The molecule has 2 aromatic rings. The molecule has 0 fully saturated rings. The molecule has 112 valence electrons. The zero-order valence-corrected chi connectivity index (χ0v) is 11.7. The Kier molecular flexibility index (Phi) is 3.46. The predicted octanol–water partition coefficient (Wildman–Crippen LogP) is 2.00. The summed E-state index contributed by atoms with van der Waals surface area (Å²) in [5.74, 6) is -2.37. The van der Waals surface area contributed by atoms with Crippen LogP contribution in [-0.4, -0.2) is 27.8 Å². The SMILES string of the molecule is CCCc1ncoc1C(=O)ON1C(=O)c2ccccc2C1=O. The number of aromatic nitrogens is 1. The number of benzene rings is 1. The van der Waals surface area contributed by atoms with Crippen molar-refractivity contribution in [1.82, 2.24) is 10.0 Å². The standard InChI is InChI=1S/C15H12N2O5/c1-2-5-11-12(21-8-16-11)15(20)22-17-13(18)9-6-3-4-7-10(9)14(17)19/h3-4,6-8H,2,5H2,1H3. The van der Waals surface area contributed by atoms with Gasteiger partial charge in [0.25, 0.3) is 11.8 Å². The monoisotopic (exact) mass is 300 g/mol. The summed E-state index contributed by atoms with van der Waals surface area (Å²) in [7, 11) is 0. The van der Waals surface area contributed by atoms with Crippen LogP contribution in [0, 0.1) is 0 Å². The van der Waals surface area contributed by atoms with Crippen LogP contribution in [0.3, 0.4) is 0 Å². The fraction of sp³-hybridized carbons (Fsp3) is 0.200. The molecule has 3 rings (SSSR count). The lowest BCUT2D eigenvalue weighted by Crippen LogP contribution is -2.32. The highest BCUT2D eigenvalue weighted by atomic mass is 16.7. The molecule has 0 unspecified atom stereocenters. The first-order chi connectivity index (χ1) is 10.6. The highest BCUT2D eigenvalue weighted by Crippen LogP contribution is 2.23. The summed E-state index contributed by atoms with van der Waals surface area (Å²) >= 11 is 0. The van der Waals surface area contributed by atoms with E-state index in [0.717, 1.165) is 12.8 Å². The van der Waals surface area contributed by atoms with Crippen molar-refractivity contribution in [1.29, 1.82) is 0 Å². The second kappa shape index (κ2) is 5.44. The van der Waals surface area contributed by atoms with Gasteiger partial charge in [0.2, 0.25) is 5.76 Å². The maximum atomic E-state index is 12.1. The number of hydroxylamine groups is 2. The van der Waals surface area contributed by atoms with Gasteiger partial charge < -0.3 is 9.25 Å². The number of aryl methyl sites for hydroxylation is 1. The zero-order chi connectivity index (χ0) is 15.7. The van der Waals surface area contributed by atoms with Gasteiger partial charge in [0.1, 0.15) is 0 Å². The van der Waals surface area contributed by atoms with Crippen molar-refractivity contribution >= 4 is 17.8 Å². The van der Waals surface area contributed by atoms with Crippen LogP contribution in [0.2, 0.25) is 0 Å². The Hall–Kier alpha value is -2.96. The van der Waals surface area contributed by atoms with Gasteiger partial charge >= 0.3 is 5.97 Å². The van der Waals surface area contributed by atoms with Gasteiger partial charge in [-0.25, -0.2) is 9.78 Å². The van der Waals surface area contributed by atoms with E-state index in [2.05, 4.69) is 4.98 Å². The quantitative estimate of drug-likeness (QED) is 0.802. The number of oxazole rings is 1. The Morgan fingerprint density at radius 1 is 1.23 bits per heavy atom. The van der Waals surface area contributed by atoms with Crippen LogP contribution >= 0.6 is 0 Å². The fourth-order valence-corrected chi connectivity index (χ4v) is 2.22. The van der Waals surface area contributed by atoms with Gasteiger partial charge in [-0.15, -0.1) is 0 Å². The summed E-state index contributed by atoms with van der Waals surface area (Å²) in [5, 5.41) is 0.450. The predicted molar refractivity (Wildman–Crippen MR) is 72.9 cm³/mol. The van der Waals surface area contributed by atoms with Gasteiger partial charge in [-0.2, -0.15) is 0 Å². The summed E-state index contributed by atoms with van der Waals surface area (Å²) in [6.45, 7) is 1.92. The van der Waals surface area contributed by atoms with Gasteiger partial charge in [-0.1, -0.05) is 30.5 Å². The molecule has 7 nitrogen and oxygen atoms in total. The summed E-state index contributed by atoms with van der Waals surface area (Å²) < 4.78 is 5.00. The molecule has 1 aromatic carbocycles. The van der Waals surface area contributed by atoms with Crippen molar-refractivity contribution in [2.45, 2.75) is 19.8 Å². The number of fused-ring (bicyclic) bond motifs is 1. The van der Waals surface area contributed by atoms with E-state index >= 15 is 0 Å². The Labute approximate surface area is 125 Å². The molecule has 2 amide bonds. The third kappa shape index (κ3) is 2.16. The molecular formula is C15H12N2O5. The molecule has 0 bridgehead atoms. The minimum absolute atomic E-state index is 0.0987. The maximum Gasteiger partial charge on any atom is 0.401 e. The average molecular weight is 300 g/mol. The summed E-state index contributed by atoms with van der Waals surface area (Å²) in [5.41, 5.74) is 0.836. The van der Waals surface area contributed by atoms with Gasteiger partial charge in [0, 0.05) is 0 Å². The van der Waals surface area contributed by atoms with Crippen molar-refractivity contribution in [2.24, 2.45) is 0 Å². The van der Waals surface area contributed by atoms with Gasteiger partial charge in [0.05, 0.1) is 16.8 Å². The third-order valence-electron chi connectivity index (χ3n) is 3.24. The second-order valence-electron chi connectivity index (χ2n) is 4.71. The molecule has 7 heteroatoms. The molecule has 0 saturated heterocycles. The molecule has 0 atom stereocenters. The number of hydrogen-bond acceptors (Lipinski definition) is 6. The molecule has 0 N–H and O–H groups in total. The van der Waals surface area contributed by atoms with E-state index in [1.165, 1.54) is 12.1 Å². The van der Waals surface area contributed by atoms with E-state index in [1.807, 2.05) is 6.92 Å². The average Bonchev–Trinajstić information content (AvgIpc) is 3.07. The maximum absolute atomic E-state index is 12.1. The number of carbonyl (C=O) groups is 3. The highest BCUT2D eigenvalue weighted by molar-refractivity contribution is 6.21. The van der Waals surface area contributed by atoms with Crippen LogP contribution in [-0.2, 0) is 11.3 Å². The smallest absolute Gasteiger partial charge is 0.401 e. The highest BCUT2D eigenvalue weighted by Gasteiger charge is 2.39. The number of rotatable bonds is 4. The minimum atomic E-state index is -0.921. The normalized spacial score (nSPS) is 13.4. The van der Waals surface area contributed by atoms with E-state index < -0.39 is 17.8 Å². The molecule has 0 spiro atoms. The van der Waals surface area contributed by atoms with Crippen LogP contribution in [0.1, 0.15) is 50.3 Å². The van der Waals surface area contributed by atoms with Crippen molar-refractivity contribution in [3.63, 3.8) is 0 Å². The summed E-state index contributed by atoms with van der Waals surface area (Å²) in [6.07, 6.45) is 2.42. The van der Waals surface area contributed by atoms with Crippen molar-refractivity contribution in [3.05, 3.63) is 53.2 Å². The van der Waals surface area contributed by atoms with Crippen LogP contribution < -0.4 is 0 Å². The van der Waals surface area contributed by atoms with E-state index in [-0.39, 0.29) is 16.9 Å². The third-order valence-corrected chi connectivity index (χ3v) is 3.24. The molecular weight excluding hydrogens is 288 g/mol. The lowest BCUT2D eigenvalue weighted by Gasteiger charge is -2.11. The number of nitrogens with zero attached hydrogens (tertiary/aromatic N) is 2. The molecule has 1 aliphatic heterocycles. The van der Waals surface area contributed by atoms with Crippen LogP contribution in [0.25, 0.3) is 0 Å². The Morgan fingerprint density at radius 2 is 1.86 bits per heavy atom. The lowest BCUT2D eigenvalue weighted by atomic mass is 10.1. The van der Waals surface area contributed by atoms with Crippen LogP contribution in [0.5, 0.6) is 0 Å². The van der Waals surface area contributed by atoms with Gasteiger partial charge in [-0.3, -0.25) is 9.59 Å². The largest absolute Gasteiger partial charge is 0.436 e. The first-order valence-corrected chi connectivity index (χ1v) is 6.76. The molecule has 0 saturated carbocycles. The Bertz CT molecular complexity index is 730. The van der Waals surface area contributed by atoms with E-state index in [0.29, 0.717) is 17.2 Å². The molecule has 2 heterocycles. The molecule has 22 heavy (non-hydrogen) atoms. The minimum Gasteiger partial charge on any atom is -0.436 e.